The molecule has 2 aliphatic heterocycles. The van der Waals surface area contributed by atoms with Crippen LogP contribution in [-0.4, -0.2) is 34.7 Å². The number of carbonyl (C=O) groups is 2. The number of benzene rings is 1. The highest BCUT2D eigenvalue weighted by atomic mass is 35.5. The van der Waals surface area contributed by atoms with Gasteiger partial charge in [0.05, 0.1) is 6.04 Å². The summed E-state index contributed by atoms with van der Waals surface area (Å²) in [6.45, 7) is 1.93. The molecule has 0 aliphatic carbocycles. The minimum atomic E-state index is -0.220. The molecule has 0 saturated carbocycles. The summed E-state index contributed by atoms with van der Waals surface area (Å²) in [7, 11) is 0. The molecule has 1 unspecified atom stereocenters. The predicted octanol–water partition coefficient (Wildman–Crippen LogP) is 2.37. The van der Waals surface area contributed by atoms with Crippen LogP contribution in [-0.2, 0) is 11.2 Å². The second-order valence-corrected chi connectivity index (χ2v) is 6.56. The molecule has 8 heteroatoms. The summed E-state index contributed by atoms with van der Waals surface area (Å²) in [5.41, 5.74) is 2.99. The van der Waals surface area contributed by atoms with E-state index in [9.17, 15) is 9.59 Å². The molecule has 1 atom stereocenters. The molecule has 4 rings (SSSR count). The van der Waals surface area contributed by atoms with E-state index in [1.54, 1.807) is 12.1 Å². The number of hydrogen-bond donors (Lipinski definition) is 3. The lowest BCUT2D eigenvalue weighted by Gasteiger charge is -2.22. The average molecular weight is 376 g/mol. The van der Waals surface area contributed by atoms with Crippen molar-refractivity contribution in [2.45, 2.75) is 31.7 Å². The van der Waals surface area contributed by atoms with Crippen molar-refractivity contribution in [3.8, 4) is 0 Å². The third-order valence-electron chi connectivity index (χ3n) is 4.74. The Morgan fingerprint density at radius 2 is 2.15 bits per heavy atom. The highest BCUT2D eigenvalue weighted by Gasteiger charge is 2.19. The third kappa shape index (κ3) is 3.89. The zero-order valence-electron chi connectivity index (χ0n) is 14.3. The maximum Gasteiger partial charge on any atom is 0.276 e. The number of rotatable bonds is 3. The van der Waals surface area contributed by atoms with Crippen LogP contribution in [0.4, 0.5) is 11.4 Å². The van der Waals surface area contributed by atoms with Crippen LogP contribution < -0.4 is 16.0 Å². The number of nitrogens with one attached hydrogen (secondary N) is 3. The van der Waals surface area contributed by atoms with Crippen molar-refractivity contribution in [1.82, 2.24) is 15.1 Å². The quantitative estimate of drug-likeness (QED) is 0.768. The van der Waals surface area contributed by atoms with Crippen molar-refractivity contribution < 1.29 is 9.59 Å². The predicted molar refractivity (Wildman–Crippen MR) is 102 cm³/mol. The van der Waals surface area contributed by atoms with Gasteiger partial charge in [0, 0.05) is 30.5 Å². The van der Waals surface area contributed by atoms with Gasteiger partial charge in [0.25, 0.3) is 5.91 Å². The molecule has 138 valence electrons. The van der Waals surface area contributed by atoms with Gasteiger partial charge >= 0.3 is 0 Å². The molecular formula is C18H22ClN5O2. The summed E-state index contributed by atoms with van der Waals surface area (Å²) in [5, 5.41) is 13.5. The maximum atomic E-state index is 12.5. The number of piperidine rings is 1. The Bertz CT molecular complexity index is 814. The Labute approximate surface area is 157 Å². The molecule has 3 N–H and O–H groups in total. The maximum absolute atomic E-state index is 12.5. The third-order valence-corrected chi connectivity index (χ3v) is 4.74. The number of aryl methyl sites for hydroxylation is 1. The molecule has 7 nitrogen and oxygen atoms in total. The number of anilines is 2. The van der Waals surface area contributed by atoms with Crippen LogP contribution in [0.2, 0.25) is 0 Å². The fourth-order valence-electron chi connectivity index (χ4n) is 3.38. The number of aromatic nitrogens is 2. The van der Waals surface area contributed by atoms with Crippen LogP contribution in [0.15, 0.2) is 30.5 Å². The molecule has 2 aromatic rings. The summed E-state index contributed by atoms with van der Waals surface area (Å²) in [6.07, 6.45) is 5.23. The highest BCUT2D eigenvalue weighted by molar-refractivity contribution is 6.03. The summed E-state index contributed by atoms with van der Waals surface area (Å²) in [5.74, 6) is -0.186. The normalized spacial score (nSPS) is 19.1. The average Bonchev–Trinajstić information content (AvgIpc) is 3.13. The number of fused-ring (bicyclic) bond motifs is 1. The molecule has 26 heavy (non-hydrogen) atoms. The second-order valence-electron chi connectivity index (χ2n) is 6.56. The van der Waals surface area contributed by atoms with E-state index in [1.807, 2.05) is 23.0 Å². The topological polar surface area (TPSA) is 88.1 Å². The molecule has 1 aromatic heterocycles. The van der Waals surface area contributed by atoms with Crippen LogP contribution >= 0.6 is 12.4 Å². The molecule has 0 spiro atoms. The fourth-order valence-corrected chi connectivity index (χ4v) is 3.38. The van der Waals surface area contributed by atoms with Gasteiger partial charge in [0.2, 0.25) is 5.91 Å². The standard InChI is InChI=1S/C18H21N5O2.ClH/c24-17-6-3-12-10-13(4-5-15(12)21-17)20-18(25)16-7-9-23(22-16)14-2-1-8-19-11-14;/h4-5,7,9-10,14,19H,1-3,6,8,11H2,(H,20,25)(H,21,24);1H. The lowest BCUT2D eigenvalue weighted by molar-refractivity contribution is -0.116. The Morgan fingerprint density at radius 1 is 1.27 bits per heavy atom. The van der Waals surface area contributed by atoms with Crippen LogP contribution in [0.5, 0.6) is 0 Å². The highest BCUT2D eigenvalue weighted by Crippen LogP contribution is 2.26. The van der Waals surface area contributed by atoms with Gasteiger partial charge in [-0.1, -0.05) is 0 Å². The lowest BCUT2D eigenvalue weighted by atomic mass is 10.0. The molecule has 1 aromatic carbocycles. The van der Waals surface area contributed by atoms with Gasteiger partial charge < -0.3 is 16.0 Å². The molecule has 2 aliphatic rings. The Morgan fingerprint density at radius 3 is 2.96 bits per heavy atom. The summed E-state index contributed by atoms with van der Waals surface area (Å²) < 4.78 is 1.88. The Hall–Kier alpha value is -2.38. The molecule has 1 fully saturated rings. The minimum Gasteiger partial charge on any atom is -0.326 e. The molecular weight excluding hydrogens is 354 g/mol. The van der Waals surface area contributed by atoms with E-state index in [0.717, 1.165) is 37.2 Å². The molecule has 3 heterocycles. The van der Waals surface area contributed by atoms with E-state index < -0.39 is 0 Å². The number of nitrogens with zero attached hydrogens (tertiary/aromatic N) is 2. The van der Waals surface area contributed by atoms with Crippen LogP contribution in [0.1, 0.15) is 41.4 Å². The van der Waals surface area contributed by atoms with Gasteiger partial charge in [-0.05, 0) is 55.6 Å². The van der Waals surface area contributed by atoms with Crippen molar-refractivity contribution in [2.24, 2.45) is 0 Å². The van der Waals surface area contributed by atoms with E-state index in [4.69, 9.17) is 0 Å². The van der Waals surface area contributed by atoms with E-state index in [1.165, 1.54) is 0 Å². The van der Waals surface area contributed by atoms with E-state index in [2.05, 4.69) is 21.0 Å². The first kappa shape index (κ1) is 18.4. The minimum absolute atomic E-state index is 0. The smallest absolute Gasteiger partial charge is 0.276 e. The van der Waals surface area contributed by atoms with Crippen molar-refractivity contribution in [3.05, 3.63) is 41.7 Å². The molecule has 0 radical (unpaired) electrons. The summed E-state index contributed by atoms with van der Waals surface area (Å²) in [6, 6.07) is 7.60. The molecule has 2 amide bonds. The lowest BCUT2D eigenvalue weighted by Crippen LogP contribution is -2.32. The van der Waals surface area contributed by atoms with E-state index >= 15 is 0 Å². The monoisotopic (exact) mass is 375 g/mol. The van der Waals surface area contributed by atoms with Crippen LogP contribution in [0, 0.1) is 0 Å². The van der Waals surface area contributed by atoms with E-state index in [-0.39, 0.29) is 24.2 Å². The van der Waals surface area contributed by atoms with Crippen LogP contribution in [0.25, 0.3) is 0 Å². The van der Waals surface area contributed by atoms with E-state index in [0.29, 0.717) is 30.3 Å². The second kappa shape index (κ2) is 7.88. The van der Waals surface area contributed by atoms with Crippen molar-refractivity contribution >= 4 is 35.6 Å². The van der Waals surface area contributed by atoms with Gasteiger partial charge in [0.15, 0.2) is 5.69 Å². The van der Waals surface area contributed by atoms with Crippen molar-refractivity contribution in [1.29, 1.82) is 0 Å². The number of carbonyl (C=O) groups excluding carboxylic acids is 2. The Balaban J connectivity index is 0.00000196. The number of hydrogen-bond acceptors (Lipinski definition) is 4. The van der Waals surface area contributed by atoms with Gasteiger partial charge in [-0.15, -0.1) is 12.4 Å². The summed E-state index contributed by atoms with van der Waals surface area (Å²) in [4.78, 5) is 23.9. The zero-order chi connectivity index (χ0) is 17.2. The fraction of sp³-hybridized carbons (Fsp3) is 0.389. The van der Waals surface area contributed by atoms with Crippen molar-refractivity contribution in [3.63, 3.8) is 0 Å². The first-order chi connectivity index (χ1) is 12.2. The first-order valence-electron chi connectivity index (χ1n) is 8.69. The molecule has 1 saturated heterocycles. The zero-order valence-corrected chi connectivity index (χ0v) is 15.1. The largest absolute Gasteiger partial charge is 0.326 e. The van der Waals surface area contributed by atoms with Gasteiger partial charge in [-0.25, -0.2) is 0 Å². The number of halogens is 1. The summed E-state index contributed by atoms with van der Waals surface area (Å²) >= 11 is 0. The SMILES string of the molecule is Cl.O=C1CCc2cc(NC(=O)c3ccn(C4CCCNC4)n3)ccc2N1. The van der Waals surface area contributed by atoms with Gasteiger partial charge in [0.1, 0.15) is 0 Å². The van der Waals surface area contributed by atoms with Gasteiger partial charge in [-0.2, -0.15) is 5.10 Å². The Kier molecular flexibility index (Phi) is 5.58. The van der Waals surface area contributed by atoms with Crippen LogP contribution in [0.3, 0.4) is 0 Å². The van der Waals surface area contributed by atoms with Gasteiger partial charge in [-0.3, -0.25) is 14.3 Å². The number of amides is 2. The van der Waals surface area contributed by atoms with Crippen molar-refractivity contribution in [2.75, 3.05) is 23.7 Å². The first-order valence-corrected chi connectivity index (χ1v) is 8.69. The molecule has 0 bridgehead atoms.